The molecule has 1 fully saturated rings. The van der Waals surface area contributed by atoms with Gasteiger partial charge in [0.25, 0.3) is 11.7 Å². The van der Waals surface area contributed by atoms with Gasteiger partial charge in [-0.05, 0) is 47.8 Å². The topological polar surface area (TPSA) is 70.1 Å². The maximum absolute atomic E-state index is 13.3. The highest BCUT2D eigenvalue weighted by Gasteiger charge is 2.46. The van der Waals surface area contributed by atoms with E-state index in [9.17, 15) is 14.7 Å². The van der Waals surface area contributed by atoms with Gasteiger partial charge >= 0.3 is 0 Å². The first kappa shape index (κ1) is 26.8. The summed E-state index contributed by atoms with van der Waals surface area (Å²) in [5.41, 5.74) is 2.14. The molecule has 1 aliphatic rings. The Morgan fingerprint density at radius 3 is 2.26 bits per heavy atom. The van der Waals surface area contributed by atoms with Gasteiger partial charge in [0, 0.05) is 18.7 Å². The van der Waals surface area contributed by atoms with Crippen LogP contribution in [-0.4, -0.2) is 59.9 Å². The Kier molecular flexibility index (Phi) is 8.29. The van der Waals surface area contributed by atoms with Crippen molar-refractivity contribution < 1.29 is 19.4 Å². The smallest absolute Gasteiger partial charge is 0.295 e. The predicted molar refractivity (Wildman–Crippen MR) is 140 cm³/mol. The fourth-order valence-electron chi connectivity index (χ4n) is 4.37. The number of rotatable bonds is 8. The first-order valence-corrected chi connectivity index (χ1v) is 12.4. The van der Waals surface area contributed by atoms with Crippen molar-refractivity contribution in [1.29, 1.82) is 0 Å². The summed E-state index contributed by atoms with van der Waals surface area (Å²) < 4.78 is 5.28. The Morgan fingerprint density at radius 1 is 1.09 bits per heavy atom. The lowest BCUT2D eigenvalue weighted by Gasteiger charge is -2.29. The number of Topliss-reactive ketones (excluding diaryl/α,β-unsaturated/α-hetero) is 1. The lowest BCUT2D eigenvalue weighted by Crippen LogP contribution is -2.38. The highest BCUT2D eigenvalue weighted by molar-refractivity contribution is 6.47. The molecule has 0 spiro atoms. The number of hydrogen-bond donors (Lipinski definition) is 1. The molecule has 2 aromatic rings. The second-order valence-electron chi connectivity index (χ2n) is 9.74. The van der Waals surface area contributed by atoms with Crippen LogP contribution in [0.15, 0.2) is 48.0 Å². The Balaban J connectivity index is 2.16. The van der Waals surface area contributed by atoms with Crippen LogP contribution in [0.5, 0.6) is 5.75 Å². The third-order valence-corrected chi connectivity index (χ3v) is 6.94. The lowest BCUT2D eigenvalue weighted by atomic mass is 9.85. The minimum absolute atomic E-state index is 0.0354. The van der Waals surface area contributed by atoms with Crippen molar-refractivity contribution in [3.63, 3.8) is 0 Å². The van der Waals surface area contributed by atoms with Crippen LogP contribution in [0, 0.1) is 0 Å². The van der Waals surface area contributed by atoms with Crippen LogP contribution in [0.1, 0.15) is 57.4 Å². The molecule has 3 rings (SSSR count). The molecule has 0 radical (unpaired) electrons. The van der Waals surface area contributed by atoms with Crippen molar-refractivity contribution in [3.8, 4) is 5.75 Å². The summed E-state index contributed by atoms with van der Waals surface area (Å²) in [6.07, 6.45) is 0. The van der Waals surface area contributed by atoms with E-state index in [0.29, 0.717) is 18.8 Å². The largest absolute Gasteiger partial charge is 0.507 e. The number of likely N-dealkylation sites (tertiary alicyclic amines) is 1. The van der Waals surface area contributed by atoms with E-state index >= 15 is 0 Å². The van der Waals surface area contributed by atoms with Crippen molar-refractivity contribution in [1.82, 2.24) is 9.80 Å². The van der Waals surface area contributed by atoms with E-state index in [4.69, 9.17) is 16.3 Å². The molecular formula is C28H35ClN2O4. The van der Waals surface area contributed by atoms with Crippen LogP contribution in [0.4, 0.5) is 0 Å². The molecule has 7 heteroatoms. The molecule has 1 amide bonds. The number of ether oxygens (including phenoxy) is 1. The maximum atomic E-state index is 13.3. The summed E-state index contributed by atoms with van der Waals surface area (Å²) in [4.78, 5) is 30.3. The summed E-state index contributed by atoms with van der Waals surface area (Å²) in [5, 5.41) is 11.6. The molecule has 188 valence electrons. The van der Waals surface area contributed by atoms with Gasteiger partial charge in [0.2, 0.25) is 0 Å². The molecule has 1 unspecified atom stereocenters. The molecule has 35 heavy (non-hydrogen) atoms. The molecule has 0 bridgehead atoms. The molecule has 0 aromatic heterocycles. The van der Waals surface area contributed by atoms with E-state index in [-0.39, 0.29) is 27.3 Å². The van der Waals surface area contributed by atoms with E-state index in [2.05, 4.69) is 39.5 Å². The molecule has 6 nitrogen and oxygen atoms in total. The van der Waals surface area contributed by atoms with Gasteiger partial charge in [0.1, 0.15) is 11.5 Å². The Labute approximate surface area is 213 Å². The number of carbonyl (C=O) groups excluding carboxylic acids is 2. The number of nitrogens with zero attached hydrogens (tertiary/aromatic N) is 2. The fourth-order valence-corrected chi connectivity index (χ4v) is 4.58. The number of ketones is 1. The van der Waals surface area contributed by atoms with E-state index < -0.39 is 17.7 Å². The van der Waals surface area contributed by atoms with Gasteiger partial charge in [-0.25, -0.2) is 0 Å². The Morgan fingerprint density at radius 2 is 1.71 bits per heavy atom. The van der Waals surface area contributed by atoms with E-state index in [1.165, 1.54) is 7.11 Å². The van der Waals surface area contributed by atoms with Crippen LogP contribution >= 0.6 is 11.6 Å². The van der Waals surface area contributed by atoms with Crippen LogP contribution < -0.4 is 4.74 Å². The Bertz CT molecular complexity index is 1110. The molecule has 1 atom stereocenters. The molecule has 2 aromatic carbocycles. The summed E-state index contributed by atoms with van der Waals surface area (Å²) in [7, 11) is 1.51. The lowest BCUT2D eigenvalue weighted by molar-refractivity contribution is -0.140. The van der Waals surface area contributed by atoms with Crippen molar-refractivity contribution in [2.45, 2.75) is 46.1 Å². The molecule has 0 aliphatic carbocycles. The van der Waals surface area contributed by atoms with Crippen LogP contribution in [-0.2, 0) is 15.0 Å². The normalized spacial score (nSPS) is 17.9. The molecular weight excluding hydrogens is 464 g/mol. The van der Waals surface area contributed by atoms with E-state index in [1.807, 2.05) is 24.3 Å². The molecule has 1 saturated heterocycles. The SMILES string of the molecule is CCN(CC)CCN1C(=O)C(=O)/C(=C(/O)c2cc(OC)ccc2Cl)C1c1ccc(C(C)(C)C)cc1. The van der Waals surface area contributed by atoms with Gasteiger partial charge in [-0.2, -0.15) is 0 Å². The van der Waals surface area contributed by atoms with E-state index in [1.54, 1.807) is 23.1 Å². The van der Waals surface area contributed by atoms with Gasteiger partial charge < -0.3 is 19.6 Å². The standard InChI is InChI=1S/C28H35ClN2O4/c1-7-30(8-2)15-16-31-24(18-9-11-19(12-10-18)28(3,4)5)23(26(33)27(31)34)25(32)21-17-20(35-6)13-14-22(21)29/h9-14,17,24,32H,7-8,15-16H2,1-6H3/b25-23+. The number of aliphatic hydroxyl groups excluding tert-OH is 1. The third kappa shape index (κ3) is 5.54. The quantitative estimate of drug-likeness (QED) is 0.299. The number of methoxy groups -OCH3 is 1. The van der Waals surface area contributed by atoms with Gasteiger partial charge in [-0.3, -0.25) is 9.59 Å². The van der Waals surface area contributed by atoms with Crippen molar-refractivity contribution in [2.75, 3.05) is 33.3 Å². The molecule has 0 saturated carbocycles. The third-order valence-electron chi connectivity index (χ3n) is 6.61. The number of carbonyl (C=O) groups is 2. The van der Waals surface area contributed by atoms with Gasteiger partial charge in [0.05, 0.1) is 23.7 Å². The monoisotopic (exact) mass is 498 g/mol. The van der Waals surface area contributed by atoms with Crippen LogP contribution in [0.3, 0.4) is 0 Å². The summed E-state index contributed by atoms with van der Waals surface area (Å²) >= 11 is 6.39. The number of benzene rings is 2. The van der Waals surface area contributed by atoms with Crippen LogP contribution in [0.2, 0.25) is 5.02 Å². The van der Waals surface area contributed by atoms with Crippen molar-refractivity contribution in [2.24, 2.45) is 0 Å². The zero-order valence-corrected chi connectivity index (χ0v) is 22.1. The average molecular weight is 499 g/mol. The maximum Gasteiger partial charge on any atom is 0.295 e. The number of likely N-dealkylation sites (N-methyl/N-ethyl adjacent to an activating group) is 1. The Hall–Kier alpha value is -2.83. The van der Waals surface area contributed by atoms with Crippen molar-refractivity contribution >= 4 is 29.1 Å². The van der Waals surface area contributed by atoms with Crippen molar-refractivity contribution in [3.05, 3.63) is 69.8 Å². The zero-order valence-electron chi connectivity index (χ0n) is 21.4. The number of hydrogen-bond acceptors (Lipinski definition) is 5. The highest BCUT2D eigenvalue weighted by atomic mass is 35.5. The predicted octanol–water partition coefficient (Wildman–Crippen LogP) is 5.41. The highest BCUT2D eigenvalue weighted by Crippen LogP contribution is 2.41. The minimum atomic E-state index is -0.721. The van der Waals surface area contributed by atoms with Gasteiger partial charge in [-0.15, -0.1) is 0 Å². The summed E-state index contributed by atoms with van der Waals surface area (Å²) in [5.74, 6) is -1.16. The molecule has 1 heterocycles. The number of amides is 1. The summed E-state index contributed by atoms with van der Waals surface area (Å²) in [6.45, 7) is 13.2. The minimum Gasteiger partial charge on any atom is -0.507 e. The van der Waals surface area contributed by atoms with E-state index in [0.717, 1.165) is 24.2 Å². The molecule has 1 N–H and O–H groups in total. The fraction of sp³-hybridized carbons (Fsp3) is 0.429. The number of aliphatic hydroxyl groups is 1. The first-order valence-electron chi connectivity index (χ1n) is 12.0. The summed E-state index contributed by atoms with van der Waals surface area (Å²) in [6, 6.07) is 12.0. The van der Waals surface area contributed by atoms with Gasteiger partial charge in [-0.1, -0.05) is 70.5 Å². The molecule has 1 aliphatic heterocycles. The second kappa shape index (κ2) is 10.8. The second-order valence-corrected chi connectivity index (χ2v) is 10.1. The first-order chi connectivity index (χ1) is 16.5. The van der Waals surface area contributed by atoms with Crippen LogP contribution in [0.25, 0.3) is 5.76 Å². The van der Waals surface area contributed by atoms with Gasteiger partial charge in [0.15, 0.2) is 0 Å². The number of halogens is 1. The zero-order chi connectivity index (χ0) is 25.9. The average Bonchev–Trinajstić information content (AvgIpc) is 3.09.